The number of carbonyl (C=O) groups is 1. The molecule has 0 aromatic carbocycles. The van der Waals surface area contributed by atoms with Gasteiger partial charge in [-0.1, -0.05) is 12.8 Å². The predicted octanol–water partition coefficient (Wildman–Crippen LogP) is -0.301. The highest BCUT2D eigenvalue weighted by atomic mass is 16.3. The van der Waals surface area contributed by atoms with Gasteiger partial charge in [-0.2, -0.15) is 5.10 Å². The van der Waals surface area contributed by atoms with E-state index in [2.05, 4.69) is 15.4 Å². The highest BCUT2D eigenvalue weighted by Crippen LogP contribution is 2.28. The third-order valence-electron chi connectivity index (χ3n) is 3.04. The van der Waals surface area contributed by atoms with E-state index in [9.17, 15) is 9.90 Å². The lowest BCUT2D eigenvalue weighted by molar-refractivity contribution is -0.124. The number of amides is 1. The molecule has 6 nitrogen and oxygen atoms in total. The van der Waals surface area contributed by atoms with E-state index in [1.54, 1.807) is 0 Å². The van der Waals surface area contributed by atoms with Crippen LogP contribution in [0.5, 0.6) is 0 Å². The number of aromatic nitrogens is 3. The maximum absolute atomic E-state index is 11.7. The fourth-order valence-electron chi connectivity index (χ4n) is 2.17. The highest BCUT2D eigenvalue weighted by molar-refractivity contribution is 5.76. The summed E-state index contributed by atoms with van der Waals surface area (Å²) in [7, 11) is 0. The molecule has 1 saturated carbocycles. The van der Waals surface area contributed by atoms with Crippen molar-refractivity contribution >= 4 is 5.91 Å². The van der Waals surface area contributed by atoms with E-state index in [0.717, 1.165) is 25.7 Å². The van der Waals surface area contributed by atoms with Gasteiger partial charge in [-0.25, -0.2) is 9.67 Å². The van der Waals surface area contributed by atoms with Crippen LogP contribution >= 0.6 is 0 Å². The summed E-state index contributed by atoms with van der Waals surface area (Å²) in [4.78, 5) is 15.5. The summed E-state index contributed by atoms with van der Waals surface area (Å²) >= 11 is 0. The first-order chi connectivity index (χ1) is 7.74. The molecule has 16 heavy (non-hydrogen) atoms. The molecule has 0 radical (unpaired) electrons. The minimum atomic E-state index is -0.405. The van der Waals surface area contributed by atoms with Crippen LogP contribution in [0.15, 0.2) is 12.7 Å². The molecule has 88 valence electrons. The fourth-order valence-corrected chi connectivity index (χ4v) is 2.17. The van der Waals surface area contributed by atoms with Gasteiger partial charge in [-0.3, -0.25) is 4.79 Å². The maximum Gasteiger partial charge on any atom is 0.242 e. The molecule has 0 bridgehead atoms. The van der Waals surface area contributed by atoms with Gasteiger partial charge in [0.25, 0.3) is 0 Å². The van der Waals surface area contributed by atoms with E-state index in [1.807, 2.05) is 0 Å². The average Bonchev–Trinajstić information content (AvgIpc) is 2.90. The average molecular weight is 224 g/mol. The van der Waals surface area contributed by atoms with Crippen molar-refractivity contribution < 1.29 is 9.90 Å². The van der Waals surface area contributed by atoms with Crippen LogP contribution in [0.4, 0.5) is 0 Å². The molecule has 6 heteroatoms. The number of aliphatic hydroxyl groups excluding tert-OH is 1. The zero-order valence-electron chi connectivity index (χ0n) is 9.09. The van der Waals surface area contributed by atoms with Crippen LogP contribution in [0.3, 0.4) is 0 Å². The van der Waals surface area contributed by atoms with Gasteiger partial charge in [-0.15, -0.1) is 0 Å². The largest absolute Gasteiger partial charge is 0.394 e. The second kappa shape index (κ2) is 4.61. The van der Waals surface area contributed by atoms with Crippen molar-refractivity contribution in [1.82, 2.24) is 20.1 Å². The molecular weight excluding hydrogens is 208 g/mol. The monoisotopic (exact) mass is 224 g/mol. The summed E-state index contributed by atoms with van der Waals surface area (Å²) in [5.41, 5.74) is -0.405. The third-order valence-corrected chi connectivity index (χ3v) is 3.04. The zero-order valence-corrected chi connectivity index (χ0v) is 9.09. The predicted molar refractivity (Wildman–Crippen MR) is 56.4 cm³/mol. The molecule has 0 unspecified atom stereocenters. The van der Waals surface area contributed by atoms with Gasteiger partial charge < -0.3 is 10.4 Å². The lowest BCUT2D eigenvalue weighted by Crippen LogP contribution is -2.50. The number of nitrogens with zero attached hydrogens (tertiary/aromatic N) is 3. The van der Waals surface area contributed by atoms with E-state index >= 15 is 0 Å². The van der Waals surface area contributed by atoms with Crippen LogP contribution in [0.1, 0.15) is 25.7 Å². The van der Waals surface area contributed by atoms with Crippen LogP contribution in [0, 0.1) is 0 Å². The molecule has 0 spiro atoms. The number of aliphatic hydroxyl groups is 1. The Hall–Kier alpha value is -1.43. The van der Waals surface area contributed by atoms with Crippen LogP contribution in [-0.4, -0.2) is 37.9 Å². The van der Waals surface area contributed by atoms with Gasteiger partial charge in [0, 0.05) is 0 Å². The van der Waals surface area contributed by atoms with Crippen LogP contribution in [0.2, 0.25) is 0 Å². The number of rotatable bonds is 4. The van der Waals surface area contributed by atoms with Gasteiger partial charge >= 0.3 is 0 Å². The number of carbonyl (C=O) groups excluding carboxylic acids is 1. The lowest BCUT2D eigenvalue weighted by atomic mass is 9.99. The van der Waals surface area contributed by atoms with Crippen LogP contribution in [0.25, 0.3) is 0 Å². The number of nitrogens with one attached hydrogen (secondary N) is 1. The van der Waals surface area contributed by atoms with E-state index < -0.39 is 5.54 Å². The van der Waals surface area contributed by atoms with Gasteiger partial charge in [0.05, 0.1) is 12.1 Å². The SMILES string of the molecule is O=C(Cn1cncn1)NC1(CO)CCCC1. The Morgan fingerprint density at radius 2 is 2.25 bits per heavy atom. The maximum atomic E-state index is 11.7. The molecule has 2 N–H and O–H groups in total. The van der Waals surface area contributed by atoms with Crippen molar-refractivity contribution in [2.75, 3.05) is 6.61 Å². The number of hydrogen-bond donors (Lipinski definition) is 2. The van der Waals surface area contributed by atoms with Crippen molar-refractivity contribution in [3.63, 3.8) is 0 Å². The molecule has 0 atom stereocenters. The first-order valence-electron chi connectivity index (χ1n) is 5.48. The normalized spacial score (nSPS) is 18.6. The number of hydrogen-bond acceptors (Lipinski definition) is 4. The Labute approximate surface area is 93.7 Å². The topological polar surface area (TPSA) is 80.0 Å². The third kappa shape index (κ3) is 2.38. The van der Waals surface area contributed by atoms with Crippen molar-refractivity contribution in [2.24, 2.45) is 0 Å². The molecule has 2 rings (SSSR count). The second-order valence-electron chi connectivity index (χ2n) is 4.29. The van der Waals surface area contributed by atoms with Gasteiger partial charge in [0.1, 0.15) is 19.2 Å². The molecule has 0 saturated heterocycles. The first-order valence-corrected chi connectivity index (χ1v) is 5.48. The summed E-state index contributed by atoms with van der Waals surface area (Å²) in [6, 6.07) is 0. The van der Waals surface area contributed by atoms with E-state index in [0.29, 0.717) is 0 Å². The van der Waals surface area contributed by atoms with Gasteiger partial charge in [-0.05, 0) is 12.8 Å². The van der Waals surface area contributed by atoms with Gasteiger partial charge in [0.2, 0.25) is 5.91 Å². The Morgan fingerprint density at radius 3 is 2.81 bits per heavy atom. The first kappa shape index (κ1) is 11.1. The Bertz CT molecular complexity index is 344. The minimum Gasteiger partial charge on any atom is -0.394 e. The van der Waals surface area contributed by atoms with Crippen molar-refractivity contribution in [1.29, 1.82) is 0 Å². The minimum absolute atomic E-state index is 0.0100. The van der Waals surface area contributed by atoms with Gasteiger partial charge in [0.15, 0.2) is 0 Å². The molecule has 0 aliphatic heterocycles. The second-order valence-corrected chi connectivity index (χ2v) is 4.29. The van der Waals surface area contributed by atoms with E-state index in [1.165, 1.54) is 17.3 Å². The van der Waals surface area contributed by atoms with Crippen LogP contribution in [-0.2, 0) is 11.3 Å². The molecule has 1 fully saturated rings. The summed E-state index contributed by atoms with van der Waals surface area (Å²) in [6.45, 7) is 0.165. The molecule has 1 aromatic heterocycles. The molecule has 1 amide bonds. The molecular formula is C10H16N4O2. The van der Waals surface area contributed by atoms with E-state index in [-0.39, 0.29) is 19.1 Å². The van der Waals surface area contributed by atoms with Crippen LogP contribution < -0.4 is 5.32 Å². The zero-order chi connectivity index (χ0) is 11.4. The summed E-state index contributed by atoms with van der Waals surface area (Å²) in [5, 5.41) is 16.1. The molecule has 1 aliphatic rings. The molecule has 1 aromatic rings. The standard InChI is InChI=1S/C10H16N4O2/c15-6-10(3-1-2-4-10)13-9(16)5-14-8-11-7-12-14/h7-8,15H,1-6H2,(H,13,16). The quantitative estimate of drug-likeness (QED) is 0.735. The molecule has 1 aliphatic carbocycles. The fraction of sp³-hybridized carbons (Fsp3) is 0.700. The lowest BCUT2D eigenvalue weighted by Gasteiger charge is -2.27. The summed E-state index contributed by atoms with van der Waals surface area (Å²) in [6.07, 6.45) is 6.72. The Kier molecular flexibility index (Phi) is 3.19. The van der Waals surface area contributed by atoms with Crippen molar-refractivity contribution in [3.05, 3.63) is 12.7 Å². The molecule has 1 heterocycles. The Balaban J connectivity index is 1.91. The highest BCUT2D eigenvalue weighted by Gasteiger charge is 2.34. The smallest absolute Gasteiger partial charge is 0.242 e. The summed E-state index contributed by atoms with van der Waals surface area (Å²) in [5.74, 6) is -0.124. The Morgan fingerprint density at radius 1 is 1.50 bits per heavy atom. The van der Waals surface area contributed by atoms with Crippen molar-refractivity contribution in [3.8, 4) is 0 Å². The van der Waals surface area contributed by atoms with E-state index in [4.69, 9.17) is 0 Å². The van der Waals surface area contributed by atoms with Crippen molar-refractivity contribution in [2.45, 2.75) is 37.8 Å². The summed E-state index contributed by atoms with van der Waals surface area (Å²) < 4.78 is 1.47.